The lowest BCUT2D eigenvalue weighted by Gasteiger charge is -2.27. The Bertz CT molecular complexity index is 258. The molecule has 17 heavy (non-hydrogen) atoms. The molecule has 0 aliphatic heterocycles. The third kappa shape index (κ3) is 4.61. The van der Waals surface area contributed by atoms with E-state index in [0.29, 0.717) is 18.8 Å². The molecule has 0 aromatic rings. The lowest BCUT2D eigenvalue weighted by atomic mass is 9.76. The van der Waals surface area contributed by atoms with E-state index in [1.807, 2.05) is 0 Å². The monoisotopic (exact) mass is 238 g/mol. The summed E-state index contributed by atoms with van der Waals surface area (Å²) in [6.07, 6.45) is 8.61. The van der Waals surface area contributed by atoms with Crippen molar-refractivity contribution in [3.8, 4) is 0 Å². The summed E-state index contributed by atoms with van der Waals surface area (Å²) in [5.74, 6) is 0.776. The average Bonchev–Trinajstić information content (AvgIpc) is 2.32. The Hall–Kier alpha value is -0.660. The van der Waals surface area contributed by atoms with Crippen LogP contribution in [0, 0.1) is 11.8 Å². The van der Waals surface area contributed by atoms with Gasteiger partial charge in [-0.25, -0.2) is 0 Å². The molecule has 0 spiro atoms. The predicted molar refractivity (Wildman–Crippen MR) is 69.9 cm³/mol. The lowest BCUT2D eigenvalue weighted by molar-refractivity contribution is -0.135. The number of Topliss-reactive ketones (excluding diaryl/α,β-unsaturated/α-hetero) is 2. The van der Waals surface area contributed by atoms with Gasteiger partial charge in [0.15, 0.2) is 0 Å². The van der Waals surface area contributed by atoms with Crippen LogP contribution in [-0.2, 0) is 9.59 Å². The van der Waals surface area contributed by atoms with Gasteiger partial charge in [0.25, 0.3) is 0 Å². The summed E-state index contributed by atoms with van der Waals surface area (Å²) in [6, 6.07) is 0. The molecule has 98 valence electrons. The molecule has 1 fully saturated rings. The fourth-order valence-corrected chi connectivity index (χ4v) is 2.81. The zero-order valence-corrected chi connectivity index (χ0v) is 11.3. The first-order chi connectivity index (χ1) is 8.19. The quantitative estimate of drug-likeness (QED) is 0.497. The topological polar surface area (TPSA) is 34.1 Å². The first-order valence-electron chi connectivity index (χ1n) is 7.24. The Balaban J connectivity index is 2.42. The highest BCUT2D eigenvalue weighted by Crippen LogP contribution is 2.31. The third-order valence-electron chi connectivity index (χ3n) is 3.87. The van der Waals surface area contributed by atoms with Gasteiger partial charge in [-0.3, -0.25) is 9.59 Å². The number of carbonyl (C=O) groups is 2. The zero-order valence-electron chi connectivity index (χ0n) is 11.3. The first-order valence-corrected chi connectivity index (χ1v) is 7.24. The van der Waals surface area contributed by atoms with E-state index >= 15 is 0 Å². The van der Waals surface area contributed by atoms with Crippen molar-refractivity contribution in [2.75, 3.05) is 0 Å². The van der Waals surface area contributed by atoms with Crippen LogP contribution in [-0.4, -0.2) is 11.6 Å². The van der Waals surface area contributed by atoms with Gasteiger partial charge < -0.3 is 0 Å². The van der Waals surface area contributed by atoms with E-state index in [0.717, 1.165) is 38.5 Å². The Morgan fingerprint density at radius 3 is 2.65 bits per heavy atom. The number of hydrogen-bond donors (Lipinski definition) is 0. The van der Waals surface area contributed by atoms with Gasteiger partial charge in [0.05, 0.1) is 5.92 Å². The largest absolute Gasteiger partial charge is 0.299 e. The summed E-state index contributed by atoms with van der Waals surface area (Å²) in [6.45, 7) is 4.31. The van der Waals surface area contributed by atoms with Gasteiger partial charge >= 0.3 is 0 Å². The summed E-state index contributed by atoms with van der Waals surface area (Å²) >= 11 is 0. The minimum Gasteiger partial charge on any atom is -0.299 e. The van der Waals surface area contributed by atoms with Gasteiger partial charge in [0, 0.05) is 12.8 Å². The fourth-order valence-electron chi connectivity index (χ4n) is 2.81. The highest BCUT2D eigenvalue weighted by molar-refractivity contribution is 6.02. The molecule has 0 radical (unpaired) electrons. The minimum absolute atomic E-state index is 0.207. The van der Waals surface area contributed by atoms with E-state index in [1.165, 1.54) is 6.42 Å². The van der Waals surface area contributed by atoms with Gasteiger partial charge in [0.1, 0.15) is 11.6 Å². The van der Waals surface area contributed by atoms with Crippen molar-refractivity contribution >= 4 is 11.6 Å². The van der Waals surface area contributed by atoms with Crippen molar-refractivity contribution in [2.24, 2.45) is 11.8 Å². The maximum atomic E-state index is 12.0. The van der Waals surface area contributed by atoms with Crippen LogP contribution in [0.15, 0.2) is 0 Å². The highest BCUT2D eigenvalue weighted by atomic mass is 16.1. The number of carbonyl (C=O) groups excluding carboxylic acids is 2. The molecule has 0 saturated heterocycles. The van der Waals surface area contributed by atoms with Gasteiger partial charge in [-0.2, -0.15) is 0 Å². The predicted octanol–water partition coefficient (Wildman–Crippen LogP) is 3.92. The van der Waals surface area contributed by atoms with Crippen molar-refractivity contribution in [3.63, 3.8) is 0 Å². The lowest BCUT2D eigenvalue weighted by Crippen LogP contribution is -2.31. The summed E-state index contributed by atoms with van der Waals surface area (Å²) in [5, 5.41) is 0. The molecule has 1 aliphatic carbocycles. The molecule has 1 saturated carbocycles. The first kappa shape index (κ1) is 14.4. The zero-order chi connectivity index (χ0) is 12.7. The molecule has 2 atom stereocenters. The van der Waals surface area contributed by atoms with E-state index in [1.54, 1.807) is 0 Å². The van der Waals surface area contributed by atoms with Gasteiger partial charge in [-0.1, -0.05) is 39.5 Å². The summed E-state index contributed by atoms with van der Waals surface area (Å²) in [7, 11) is 0. The van der Waals surface area contributed by atoms with Crippen molar-refractivity contribution in [2.45, 2.75) is 71.6 Å². The van der Waals surface area contributed by atoms with E-state index in [9.17, 15) is 9.59 Å². The van der Waals surface area contributed by atoms with E-state index in [4.69, 9.17) is 0 Å². The van der Waals surface area contributed by atoms with Crippen molar-refractivity contribution < 1.29 is 9.59 Å². The van der Waals surface area contributed by atoms with Crippen LogP contribution in [0.4, 0.5) is 0 Å². The van der Waals surface area contributed by atoms with Crippen LogP contribution >= 0.6 is 0 Å². The number of ketones is 2. The molecular formula is C15H26O2. The Morgan fingerprint density at radius 2 is 2.00 bits per heavy atom. The SMILES string of the molecule is CCCCCC(=O)C1CC(CCC)CCC1=O. The summed E-state index contributed by atoms with van der Waals surface area (Å²) < 4.78 is 0. The van der Waals surface area contributed by atoms with Gasteiger partial charge in [0.2, 0.25) is 0 Å². The number of rotatable bonds is 7. The Labute approximate surface area is 105 Å². The average molecular weight is 238 g/mol. The molecule has 0 aromatic heterocycles. The second-order valence-electron chi connectivity index (χ2n) is 5.37. The number of hydrogen-bond acceptors (Lipinski definition) is 2. The Morgan fingerprint density at radius 1 is 1.24 bits per heavy atom. The molecule has 0 amide bonds. The second kappa shape index (κ2) is 7.62. The van der Waals surface area contributed by atoms with Crippen LogP contribution < -0.4 is 0 Å². The van der Waals surface area contributed by atoms with E-state index in [2.05, 4.69) is 13.8 Å². The van der Waals surface area contributed by atoms with E-state index < -0.39 is 0 Å². The maximum Gasteiger partial charge on any atom is 0.143 e. The molecule has 0 N–H and O–H groups in total. The highest BCUT2D eigenvalue weighted by Gasteiger charge is 2.32. The molecule has 0 bridgehead atoms. The normalized spacial score (nSPS) is 24.9. The molecule has 2 unspecified atom stereocenters. The molecule has 0 heterocycles. The third-order valence-corrected chi connectivity index (χ3v) is 3.87. The van der Waals surface area contributed by atoms with Crippen LogP contribution in [0.2, 0.25) is 0 Å². The molecular weight excluding hydrogens is 212 g/mol. The van der Waals surface area contributed by atoms with Crippen LogP contribution in [0.5, 0.6) is 0 Å². The van der Waals surface area contributed by atoms with Crippen LogP contribution in [0.1, 0.15) is 71.6 Å². The van der Waals surface area contributed by atoms with Gasteiger partial charge in [-0.15, -0.1) is 0 Å². The molecule has 1 rings (SSSR count). The molecule has 2 nitrogen and oxygen atoms in total. The minimum atomic E-state index is -0.253. The van der Waals surface area contributed by atoms with Crippen molar-refractivity contribution in [3.05, 3.63) is 0 Å². The van der Waals surface area contributed by atoms with Crippen molar-refractivity contribution in [1.82, 2.24) is 0 Å². The standard InChI is InChI=1S/C15H26O2/c1-3-5-6-8-14(16)13-11-12(7-4-2)9-10-15(13)17/h12-13H,3-11H2,1-2H3. The maximum absolute atomic E-state index is 12.0. The van der Waals surface area contributed by atoms with Crippen LogP contribution in [0.25, 0.3) is 0 Å². The number of unbranched alkanes of at least 4 members (excludes halogenated alkanes) is 2. The van der Waals surface area contributed by atoms with Crippen molar-refractivity contribution in [1.29, 1.82) is 0 Å². The second-order valence-corrected chi connectivity index (χ2v) is 5.37. The van der Waals surface area contributed by atoms with E-state index in [-0.39, 0.29) is 17.5 Å². The van der Waals surface area contributed by atoms with Crippen LogP contribution in [0.3, 0.4) is 0 Å². The Kier molecular flexibility index (Phi) is 6.46. The smallest absolute Gasteiger partial charge is 0.143 e. The fraction of sp³-hybridized carbons (Fsp3) is 0.867. The van der Waals surface area contributed by atoms with Gasteiger partial charge in [-0.05, 0) is 25.2 Å². The summed E-state index contributed by atoms with van der Waals surface area (Å²) in [4.78, 5) is 23.8. The molecule has 2 heteroatoms. The summed E-state index contributed by atoms with van der Waals surface area (Å²) in [5.41, 5.74) is 0. The molecule has 1 aliphatic rings. The molecule has 0 aromatic carbocycles.